The summed E-state index contributed by atoms with van der Waals surface area (Å²) in [7, 11) is 0. The van der Waals surface area contributed by atoms with Crippen LogP contribution in [0.3, 0.4) is 0 Å². The molecule has 1 atom stereocenters. The maximum atomic E-state index is 12.9. The lowest BCUT2D eigenvalue weighted by Crippen LogP contribution is -2.40. The van der Waals surface area contributed by atoms with E-state index in [0.29, 0.717) is 26.3 Å². The van der Waals surface area contributed by atoms with Gasteiger partial charge in [0.15, 0.2) is 0 Å². The van der Waals surface area contributed by atoms with Crippen LogP contribution < -0.4 is 5.32 Å². The number of morpholine rings is 1. The molecule has 2 aliphatic heterocycles. The Morgan fingerprint density at radius 3 is 2.96 bits per heavy atom. The van der Waals surface area contributed by atoms with Crippen molar-refractivity contribution in [3.8, 4) is 0 Å². The third kappa shape index (κ3) is 3.33. The first-order valence-electron chi connectivity index (χ1n) is 8.70. The molecule has 4 heterocycles. The van der Waals surface area contributed by atoms with Crippen LogP contribution in [-0.4, -0.2) is 66.3 Å². The first kappa shape index (κ1) is 16.7. The van der Waals surface area contributed by atoms with Gasteiger partial charge in [0.2, 0.25) is 0 Å². The number of hydrogen-bond donors (Lipinski definition) is 1. The summed E-state index contributed by atoms with van der Waals surface area (Å²) in [6.07, 6.45) is 3.98. The number of ether oxygens (including phenoxy) is 2. The van der Waals surface area contributed by atoms with E-state index in [1.807, 2.05) is 11.8 Å². The number of carbonyl (C=O) groups excluding carboxylic acids is 1. The minimum absolute atomic E-state index is 0.0638. The van der Waals surface area contributed by atoms with E-state index < -0.39 is 0 Å². The summed E-state index contributed by atoms with van der Waals surface area (Å²) in [6.45, 7) is 6.03. The van der Waals surface area contributed by atoms with Gasteiger partial charge in [-0.3, -0.25) is 4.79 Å². The van der Waals surface area contributed by atoms with Gasteiger partial charge in [-0.05, 0) is 25.3 Å². The first-order chi connectivity index (χ1) is 12.2. The van der Waals surface area contributed by atoms with E-state index in [0.717, 1.165) is 52.5 Å². The van der Waals surface area contributed by atoms with E-state index in [9.17, 15) is 4.79 Å². The van der Waals surface area contributed by atoms with Gasteiger partial charge in [-0.25, -0.2) is 9.97 Å². The van der Waals surface area contributed by atoms with Crippen LogP contribution in [0, 0.1) is 6.92 Å². The molecule has 1 unspecified atom stereocenters. The van der Waals surface area contributed by atoms with Crippen molar-refractivity contribution < 1.29 is 14.3 Å². The molecule has 25 heavy (non-hydrogen) atoms. The molecule has 2 fully saturated rings. The van der Waals surface area contributed by atoms with E-state index in [1.165, 1.54) is 11.3 Å². The number of hydrogen-bond acceptors (Lipinski definition) is 7. The molecule has 1 N–H and O–H groups in total. The van der Waals surface area contributed by atoms with Crippen molar-refractivity contribution >= 4 is 33.3 Å². The second-order valence-electron chi connectivity index (χ2n) is 6.38. The van der Waals surface area contributed by atoms with Crippen LogP contribution in [0.1, 0.15) is 28.1 Å². The zero-order valence-electron chi connectivity index (χ0n) is 14.3. The van der Waals surface area contributed by atoms with Crippen molar-refractivity contribution in [3.63, 3.8) is 0 Å². The molecule has 2 aromatic rings. The molecular formula is C17H22N4O3S. The van der Waals surface area contributed by atoms with Gasteiger partial charge in [-0.1, -0.05) is 0 Å². The lowest BCUT2D eigenvalue weighted by molar-refractivity contribution is 0.0306. The lowest BCUT2D eigenvalue weighted by atomic mass is 10.1. The number of fused-ring (bicyclic) bond motifs is 1. The highest BCUT2D eigenvalue weighted by Gasteiger charge is 2.25. The van der Waals surface area contributed by atoms with Crippen molar-refractivity contribution in [2.24, 2.45) is 0 Å². The SMILES string of the molecule is Cc1c(C(=O)N2CCOCC2)sc2ncnc(NCC3CCCO3)c12. The van der Waals surface area contributed by atoms with Gasteiger partial charge in [-0.15, -0.1) is 11.3 Å². The Morgan fingerprint density at radius 2 is 2.20 bits per heavy atom. The van der Waals surface area contributed by atoms with Crippen LogP contribution >= 0.6 is 11.3 Å². The topological polar surface area (TPSA) is 76.6 Å². The first-order valence-corrected chi connectivity index (χ1v) is 9.52. The van der Waals surface area contributed by atoms with E-state index in [-0.39, 0.29) is 12.0 Å². The van der Waals surface area contributed by atoms with Gasteiger partial charge in [-0.2, -0.15) is 0 Å². The number of nitrogens with one attached hydrogen (secondary N) is 1. The van der Waals surface area contributed by atoms with Crippen molar-refractivity contribution in [1.29, 1.82) is 0 Å². The van der Waals surface area contributed by atoms with Crippen molar-refractivity contribution in [2.45, 2.75) is 25.9 Å². The minimum Gasteiger partial charge on any atom is -0.378 e. The summed E-state index contributed by atoms with van der Waals surface area (Å²) in [6, 6.07) is 0. The standard InChI is InChI=1S/C17H22N4O3S/c1-11-13-15(18-9-12-3-2-6-24-12)19-10-20-16(13)25-14(11)17(22)21-4-7-23-8-5-21/h10,12H,2-9H2,1H3,(H,18,19,20). The summed E-state index contributed by atoms with van der Waals surface area (Å²) in [4.78, 5) is 25.1. The Morgan fingerprint density at radius 1 is 1.36 bits per heavy atom. The molecule has 2 saturated heterocycles. The quantitative estimate of drug-likeness (QED) is 0.897. The van der Waals surface area contributed by atoms with Crippen molar-refractivity contribution in [1.82, 2.24) is 14.9 Å². The predicted octanol–water partition coefficient (Wildman–Crippen LogP) is 2.06. The van der Waals surface area contributed by atoms with E-state index in [2.05, 4.69) is 15.3 Å². The Balaban J connectivity index is 1.60. The van der Waals surface area contributed by atoms with E-state index in [1.54, 1.807) is 6.33 Å². The molecular weight excluding hydrogens is 340 g/mol. The van der Waals surface area contributed by atoms with E-state index in [4.69, 9.17) is 9.47 Å². The summed E-state index contributed by atoms with van der Waals surface area (Å²) < 4.78 is 11.0. The molecule has 0 spiro atoms. The van der Waals surface area contributed by atoms with Gasteiger partial charge < -0.3 is 19.7 Å². The zero-order chi connectivity index (χ0) is 17.2. The molecule has 4 rings (SSSR count). The van der Waals surface area contributed by atoms with Gasteiger partial charge in [0.25, 0.3) is 5.91 Å². The highest BCUT2D eigenvalue weighted by atomic mass is 32.1. The summed E-state index contributed by atoms with van der Waals surface area (Å²) >= 11 is 1.44. The molecule has 8 heteroatoms. The average Bonchev–Trinajstić information content (AvgIpc) is 3.28. The molecule has 0 aromatic carbocycles. The van der Waals surface area contributed by atoms with Crippen LogP contribution in [0.2, 0.25) is 0 Å². The average molecular weight is 362 g/mol. The van der Waals surface area contributed by atoms with Gasteiger partial charge >= 0.3 is 0 Å². The Bertz CT molecular complexity index is 767. The maximum absolute atomic E-state index is 12.9. The number of nitrogens with zero attached hydrogens (tertiary/aromatic N) is 3. The zero-order valence-corrected chi connectivity index (χ0v) is 15.1. The molecule has 7 nitrogen and oxygen atoms in total. The molecule has 134 valence electrons. The highest BCUT2D eigenvalue weighted by Crippen LogP contribution is 2.34. The van der Waals surface area contributed by atoms with Crippen molar-refractivity contribution in [2.75, 3.05) is 44.8 Å². The molecule has 0 aliphatic carbocycles. The molecule has 2 aliphatic rings. The number of rotatable bonds is 4. The molecule has 0 radical (unpaired) electrons. The number of thiophene rings is 1. The Hall–Kier alpha value is -1.77. The van der Waals surface area contributed by atoms with Crippen LogP contribution in [0.4, 0.5) is 5.82 Å². The second kappa shape index (κ2) is 7.23. The number of anilines is 1. The maximum Gasteiger partial charge on any atom is 0.264 e. The van der Waals surface area contributed by atoms with Crippen molar-refractivity contribution in [3.05, 3.63) is 16.8 Å². The Kier molecular flexibility index (Phi) is 4.82. The smallest absolute Gasteiger partial charge is 0.264 e. The molecule has 2 aromatic heterocycles. The van der Waals surface area contributed by atoms with Crippen LogP contribution in [0.25, 0.3) is 10.2 Å². The minimum atomic E-state index is 0.0638. The van der Waals surface area contributed by atoms with Gasteiger partial charge in [0, 0.05) is 26.2 Å². The monoisotopic (exact) mass is 362 g/mol. The second-order valence-corrected chi connectivity index (χ2v) is 7.38. The number of aromatic nitrogens is 2. The highest BCUT2D eigenvalue weighted by molar-refractivity contribution is 7.20. The predicted molar refractivity (Wildman–Crippen MR) is 96.3 cm³/mol. The third-order valence-corrected chi connectivity index (χ3v) is 5.93. The molecule has 0 saturated carbocycles. The Labute approximate surface area is 150 Å². The fraction of sp³-hybridized carbons (Fsp3) is 0.588. The van der Waals surface area contributed by atoms with Crippen LogP contribution in [0.15, 0.2) is 6.33 Å². The number of aryl methyl sites for hydroxylation is 1. The van der Waals surface area contributed by atoms with E-state index >= 15 is 0 Å². The largest absolute Gasteiger partial charge is 0.378 e. The normalized spacial score (nSPS) is 21.0. The number of amides is 1. The third-order valence-electron chi connectivity index (χ3n) is 4.74. The summed E-state index contributed by atoms with van der Waals surface area (Å²) in [5, 5.41) is 4.33. The fourth-order valence-corrected chi connectivity index (χ4v) is 4.45. The van der Waals surface area contributed by atoms with Crippen LogP contribution in [0.5, 0.6) is 0 Å². The number of carbonyl (C=O) groups is 1. The van der Waals surface area contributed by atoms with Crippen LogP contribution in [-0.2, 0) is 9.47 Å². The molecule has 0 bridgehead atoms. The van der Waals surface area contributed by atoms with Gasteiger partial charge in [0.05, 0.1) is 29.6 Å². The summed E-state index contributed by atoms with van der Waals surface area (Å²) in [5.41, 5.74) is 0.951. The molecule has 1 amide bonds. The summed E-state index contributed by atoms with van der Waals surface area (Å²) in [5.74, 6) is 0.851. The fourth-order valence-electron chi connectivity index (χ4n) is 3.34. The van der Waals surface area contributed by atoms with Gasteiger partial charge in [0.1, 0.15) is 17.0 Å². The lowest BCUT2D eigenvalue weighted by Gasteiger charge is -2.26.